The van der Waals surface area contributed by atoms with Gasteiger partial charge in [-0.15, -0.1) is 0 Å². The molecule has 0 aliphatic carbocycles. The first-order valence-electron chi connectivity index (χ1n) is 3.05. The van der Waals surface area contributed by atoms with Crippen LogP contribution in [-0.2, 0) is 0 Å². The van der Waals surface area contributed by atoms with E-state index in [9.17, 15) is 0 Å². The maximum absolute atomic E-state index is 5.68. The van der Waals surface area contributed by atoms with Crippen LogP contribution >= 0.6 is 34.2 Å². The number of imidazole rings is 1. The number of halogens is 2. The Bertz CT molecular complexity index is 361. The Balaban J connectivity index is 0.000000336. The summed E-state index contributed by atoms with van der Waals surface area (Å²) in [7, 11) is 0. The second kappa shape index (κ2) is 4.56. The summed E-state index contributed by atoms with van der Waals surface area (Å²) in [4.78, 5) is 16.3. The van der Waals surface area contributed by atoms with Gasteiger partial charge in [0.05, 0.1) is 6.33 Å². The van der Waals surface area contributed by atoms with E-state index in [0.717, 1.165) is 0 Å². The van der Waals surface area contributed by atoms with Gasteiger partial charge in [0.25, 0.3) is 0 Å². The van der Waals surface area contributed by atoms with Gasteiger partial charge in [0.1, 0.15) is 11.8 Å². The van der Waals surface area contributed by atoms with E-state index in [4.69, 9.17) is 11.6 Å². The van der Waals surface area contributed by atoms with Crippen molar-refractivity contribution >= 4 is 45.4 Å². The minimum absolute atomic E-state index is 0.405. The maximum atomic E-state index is 5.68. The van der Waals surface area contributed by atoms with Crippen molar-refractivity contribution < 1.29 is 0 Å². The van der Waals surface area contributed by atoms with Crippen molar-refractivity contribution in [2.75, 3.05) is 4.93 Å². The second-order valence-electron chi connectivity index (χ2n) is 1.77. The summed E-state index contributed by atoms with van der Waals surface area (Å²) >= 11 is 7.83. The standard InChI is InChI=1S/C5H3ClN4.CH3I/c6-4-3-5(9-1-7-3)10-2-8-4;1-2/h1-2H,(H,7,8,9,10);1H3. The number of nitrogens with zero attached hydrogens (tertiary/aromatic N) is 3. The Labute approximate surface area is 87.9 Å². The molecule has 0 saturated heterocycles. The molecule has 64 valence electrons. The van der Waals surface area contributed by atoms with Crippen molar-refractivity contribution in [3.8, 4) is 0 Å². The zero-order valence-corrected chi connectivity index (χ0v) is 9.17. The van der Waals surface area contributed by atoms with Gasteiger partial charge in [-0.3, -0.25) is 0 Å². The predicted molar refractivity (Wildman–Crippen MR) is 56.6 cm³/mol. The Morgan fingerprint density at radius 1 is 1.33 bits per heavy atom. The fourth-order valence-electron chi connectivity index (χ4n) is 0.736. The van der Waals surface area contributed by atoms with Gasteiger partial charge >= 0.3 is 0 Å². The number of nitrogens with one attached hydrogen (secondary N) is 1. The van der Waals surface area contributed by atoms with Gasteiger partial charge in [0, 0.05) is 0 Å². The van der Waals surface area contributed by atoms with Gasteiger partial charge in [0.2, 0.25) is 0 Å². The summed E-state index contributed by atoms with van der Waals surface area (Å²) in [5.41, 5.74) is 1.28. The van der Waals surface area contributed by atoms with Crippen LogP contribution in [0.2, 0.25) is 5.15 Å². The summed E-state index contributed by atoms with van der Waals surface area (Å²) < 4.78 is 0. The molecule has 2 aromatic rings. The van der Waals surface area contributed by atoms with E-state index in [2.05, 4.69) is 42.5 Å². The quantitative estimate of drug-likeness (QED) is 0.460. The summed E-state index contributed by atoms with van der Waals surface area (Å²) in [6.07, 6.45) is 2.91. The minimum atomic E-state index is 0.405. The molecule has 0 saturated carbocycles. The average molecular weight is 296 g/mol. The molecule has 0 fully saturated rings. The van der Waals surface area contributed by atoms with Crippen LogP contribution < -0.4 is 0 Å². The largest absolute Gasteiger partial charge is 0.341 e. The molecule has 6 heteroatoms. The number of alkyl halides is 1. The number of hydrogen-bond acceptors (Lipinski definition) is 3. The van der Waals surface area contributed by atoms with E-state index in [1.807, 2.05) is 4.93 Å². The van der Waals surface area contributed by atoms with Crippen molar-refractivity contribution in [2.24, 2.45) is 0 Å². The van der Waals surface area contributed by atoms with Crippen molar-refractivity contribution in [1.82, 2.24) is 19.9 Å². The molecule has 4 nitrogen and oxygen atoms in total. The molecule has 2 heterocycles. The predicted octanol–water partition coefficient (Wildman–Crippen LogP) is 2.06. The first kappa shape index (κ1) is 9.66. The fourth-order valence-corrected chi connectivity index (χ4v) is 0.918. The highest BCUT2D eigenvalue weighted by Crippen LogP contribution is 2.13. The van der Waals surface area contributed by atoms with Gasteiger partial charge < -0.3 is 4.98 Å². The summed E-state index contributed by atoms with van der Waals surface area (Å²) in [6.45, 7) is 0. The third-order valence-corrected chi connectivity index (χ3v) is 1.46. The van der Waals surface area contributed by atoms with Crippen LogP contribution in [0.15, 0.2) is 12.7 Å². The molecular weight excluding hydrogens is 290 g/mol. The van der Waals surface area contributed by atoms with Crippen LogP contribution in [0.25, 0.3) is 11.2 Å². The lowest BCUT2D eigenvalue weighted by Gasteiger charge is -1.86. The van der Waals surface area contributed by atoms with Crippen molar-refractivity contribution in [3.05, 3.63) is 17.8 Å². The Morgan fingerprint density at radius 3 is 2.75 bits per heavy atom. The molecule has 0 unspecified atom stereocenters. The number of rotatable bonds is 0. The first-order valence-corrected chi connectivity index (χ1v) is 5.59. The number of aromatic amines is 1. The van der Waals surface area contributed by atoms with Crippen LogP contribution in [0, 0.1) is 0 Å². The molecule has 0 bridgehead atoms. The molecule has 0 amide bonds. The molecule has 1 N–H and O–H groups in total. The van der Waals surface area contributed by atoms with Crippen molar-refractivity contribution in [3.63, 3.8) is 0 Å². The number of hydrogen-bond donors (Lipinski definition) is 1. The average Bonchev–Trinajstić information content (AvgIpc) is 2.57. The Hall–Kier alpha value is -0.430. The maximum Gasteiger partial charge on any atom is 0.182 e. The third kappa shape index (κ3) is 1.84. The molecule has 2 rings (SSSR count). The van der Waals surface area contributed by atoms with Gasteiger partial charge in [-0.1, -0.05) is 34.2 Å². The van der Waals surface area contributed by atoms with Crippen LogP contribution in [0.1, 0.15) is 0 Å². The molecule has 0 radical (unpaired) electrons. The highest BCUT2D eigenvalue weighted by atomic mass is 127. The summed E-state index contributed by atoms with van der Waals surface area (Å²) in [6, 6.07) is 0. The first-order chi connectivity index (χ1) is 5.88. The van der Waals surface area contributed by atoms with Crippen LogP contribution in [0.4, 0.5) is 0 Å². The van der Waals surface area contributed by atoms with E-state index in [0.29, 0.717) is 16.3 Å². The fraction of sp³-hybridized carbons (Fsp3) is 0.167. The van der Waals surface area contributed by atoms with E-state index in [-0.39, 0.29) is 0 Å². The zero-order valence-electron chi connectivity index (χ0n) is 6.25. The highest BCUT2D eigenvalue weighted by Gasteiger charge is 2.00. The monoisotopic (exact) mass is 296 g/mol. The number of H-pyrrole nitrogens is 1. The van der Waals surface area contributed by atoms with E-state index < -0.39 is 0 Å². The Morgan fingerprint density at radius 2 is 2.08 bits per heavy atom. The molecule has 12 heavy (non-hydrogen) atoms. The second-order valence-corrected chi connectivity index (χ2v) is 2.12. The summed E-state index contributed by atoms with van der Waals surface area (Å²) in [5.74, 6) is 0. The molecule has 0 atom stereocenters. The molecule has 0 aliphatic rings. The normalized spacial score (nSPS) is 9.25. The van der Waals surface area contributed by atoms with Crippen LogP contribution in [-0.4, -0.2) is 24.9 Å². The van der Waals surface area contributed by atoms with Crippen LogP contribution in [0.5, 0.6) is 0 Å². The minimum Gasteiger partial charge on any atom is -0.341 e. The Kier molecular flexibility index (Phi) is 3.67. The summed E-state index contributed by atoms with van der Waals surface area (Å²) in [5, 5.41) is 0.405. The smallest absolute Gasteiger partial charge is 0.182 e. The molecular formula is C6H6ClIN4. The van der Waals surface area contributed by atoms with E-state index in [1.165, 1.54) is 12.7 Å². The van der Waals surface area contributed by atoms with E-state index >= 15 is 0 Å². The topological polar surface area (TPSA) is 54.5 Å². The van der Waals surface area contributed by atoms with Gasteiger partial charge in [-0.2, -0.15) is 0 Å². The molecule has 2 aromatic heterocycles. The highest BCUT2D eigenvalue weighted by molar-refractivity contribution is 14.1. The number of aromatic nitrogens is 4. The van der Waals surface area contributed by atoms with E-state index in [1.54, 1.807) is 0 Å². The third-order valence-electron chi connectivity index (χ3n) is 1.18. The lowest BCUT2D eigenvalue weighted by atomic mass is 10.6. The van der Waals surface area contributed by atoms with Crippen LogP contribution in [0.3, 0.4) is 0 Å². The lowest BCUT2D eigenvalue weighted by Crippen LogP contribution is -1.80. The van der Waals surface area contributed by atoms with Crippen molar-refractivity contribution in [1.29, 1.82) is 0 Å². The zero-order chi connectivity index (χ0) is 8.97. The number of fused-ring (bicyclic) bond motifs is 1. The molecule has 0 spiro atoms. The van der Waals surface area contributed by atoms with Gasteiger partial charge in [0.15, 0.2) is 10.8 Å². The lowest BCUT2D eigenvalue weighted by molar-refractivity contribution is 1.20. The van der Waals surface area contributed by atoms with Crippen molar-refractivity contribution in [2.45, 2.75) is 0 Å². The van der Waals surface area contributed by atoms with Gasteiger partial charge in [-0.25, -0.2) is 15.0 Å². The molecule has 0 aromatic carbocycles. The molecule has 0 aliphatic heterocycles. The SMILES string of the molecule is CI.Clc1ncnc2nc[nH]c12. The van der Waals surface area contributed by atoms with Gasteiger partial charge in [-0.05, 0) is 4.93 Å².